The molecule has 0 aliphatic heterocycles. The first kappa shape index (κ1) is 20.7. The minimum Gasteiger partial charge on any atom is -0.355 e. The van der Waals surface area contributed by atoms with E-state index >= 15 is 0 Å². The zero-order valence-corrected chi connectivity index (χ0v) is 17.2. The van der Waals surface area contributed by atoms with Crippen LogP contribution in [0, 0.1) is 5.82 Å². The molecule has 3 rings (SSSR count). The van der Waals surface area contributed by atoms with E-state index in [0.29, 0.717) is 29.6 Å². The van der Waals surface area contributed by atoms with Crippen LogP contribution in [-0.2, 0) is 16.8 Å². The molecule has 0 saturated heterocycles. The summed E-state index contributed by atoms with van der Waals surface area (Å²) in [7, 11) is 0. The molecule has 0 aliphatic carbocycles. The van der Waals surface area contributed by atoms with Gasteiger partial charge in [0.2, 0.25) is 5.91 Å². The molecule has 2 aromatic carbocycles. The highest BCUT2D eigenvalue weighted by atomic mass is 19.1. The van der Waals surface area contributed by atoms with Gasteiger partial charge in [0.05, 0.1) is 17.0 Å². The summed E-state index contributed by atoms with van der Waals surface area (Å²) in [5.74, 6) is -1.03. The van der Waals surface area contributed by atoms with E-state index in [2.05, 4.69) is 10.4 Å². The summed E-state index contributed by atoms with van der Waals surface area (Å²) in [5.41, 5.74) is 0.790. The molecule has 3 aromatic rings. The van der Waals surface area contributed by atoms with Crippen LogP contribution in [0.5, 0.6) is 0 Å². The van der Waals surface area contributed by atoms with Crippen molar-refractivity contribution in [2.75, 3.05) is 6.54 Å². The maximum absolute atomic E-state index is 13.6. The van der Waals surface area contributed by atoms with E-state index < -0.39 is 11.3 Å². The lowest BCUT2D eigenvalue weighted by molar-refractivity contribution is -0.122. The number of nitrogens with zero attached hydrogens (tertiary/aromatic N) is 2. The molecule has 152 valence electrons. The number of rotatable bonds is 6. The average molecular weight is 395 g/mol. The number of carbonyl (C=O) groups excluding carboxylic acids is 1. The molecule has 0 saturated carbocycles. The van der Waals surface area contributed by atoms with Crippen LogP contribution in [0.2, 0.25) is 0 Å². The second kappa shape index (κ2) is 8.15. The van der Waals surface area contributed by atoms with Gasteiger partial charge in [-0.3, -0.25) is 9.59 Å². The second-order valence-corrected chi connectivity index (χ2v) is 7.89. The molecule has 0 unspecified atom stereocenters. The van der Waals surface area contributed by atoms with Crippen LogP contribution in [0.25, 0.3) is 10.8 Å². The first-order valence-electron chi connectivity index (χ1n) is 9.78. The van der Waals surface area contributed by atoms with Gasteiger partial charge in [-0.2, -0.15) is 5.10 Å². The summed E-state index contributed by atoms with van der Waals surface area (Å²) >= 11 is 0. The molecule has 1 atom stereocenters. The largest absolute Gasteiger partial charge is 0.355 e. The third-order valence-electron chi connectivity index (χ3n) is 5.31. The number of hydrogen-bond acceptors (Lipinski definition) is 3. The Morgan fingerprint density at radius 1 is 1.17 bits per heavy atom. The molecular formula is C23H26FN3O2. The molecule has 0 fully saturated rings. The molecule has 1 aromatic heterocycles. The van der Waals surface area contributed by atoms with Crippen molar-refractivity contribution in [1.29, 1.82) is 0 Å². The molecule has 0 spiro atoms. The van der Waals surface area contributed by atoms with Gasteiger partial charge in [0.15, 0.2) is 0 Å². The Morgan fingerprint density at radius 2 is 1.86 bits per heavy atom. The van der Waals surface area contributed by atoms with Gasteiger partial charge >= 0.3 is 0 Å². The van der Waals surface area contributed by atoms with Gasteiger partial charge in [-0.1, -0.05) is 44.2 Å². The highest BCUT2D eigenvalue weighted by Gasteiger charge is 2.26. The lowest BCUT2D eigenvalue weighted by Crippen LogP contribution is -2.39. The molecule has 5 nitrogen and oxygen atoms in total. The van der Waals surface area contributed by atoms with E-state index in [0.717, 1.165) is 5.56 Å². The Bertz CT molecular complexity index is 1100. The Hall–Kier alpha value is -3.02. The minimum absolute atomic E-state index is 0.160. The number of benzene rings is 2. The van der Waals surface area contributed by atoms with E-state index in [4.69, 9.17) is 0 Å². The number of amides is 1. The van der Waals surface area contributed by atoms with Crippen molar-refractivity contribution in [3.8, 4) is 0 Å². The first-order chi connectivity index (χ1) is 13.7. The number of nitrogens with one attached hydrogen (secondary N) is 1. The predicted molar refractivity (Wildman–Crippen MR) is 113 cm³/mol. The van der Waals surface area contributed by atoms with Crippen molar-refractivity contribution >= 4 is 16.7 Å². The standard InChI is InChI=1S/C23H26FN3O2/c1-5-27-22(29)19-12-7-6-11-18(19)20(26-27)15(2)21(28)25-14-23(3,4)16-9-8-10-17(24)13-16/h6-13,15H,5,14H2,1-4H3,(H,25,28)/t15-/m1/s1. The zero-order chi connectivity index (χ0) is 21.2. The highest BCUT2D eigenvalue weighted by molar-refractivity contribution is 5.91. The van der Waals surface area contributed by atoms with Gasteiger partial charge in [0, 0.05) is 23.9 Å². The summed E-state index contributed by atoms with van der Waals surface area (Å²) < 4.78 is 15.0. The van der Waals surface area contributed by atoms with Gasteiger partial charge in [-0.15, -0.1) is 0 Å². The Labute approximate surface area is 169 Å². The smallest absolute Gasteiger partial charge is 0.274 e. The quantitative estimate of drug-likeness (QED) is 0.691. The lowest BCUT2D eigenvalue weighted by Gasteiger charge is -2.26. The normalized spacial score (nSPS) is 12.7. The Kier molecular flexibility index (Phi) is 5.82. The van der Waals surface area contributed by atoms with Crippen LogP contribution in [0.3, 0.4) is 0 Å². The number of fused-ring (bicyclic) bond motifs is 1. The zero-order valence-electron chi connectivity index (χ0n) is 17.2. The molecule has 1 N–H and O–H groups in total. The fourth-order valence-corrected chi connectivity index (χ4v) is 3.39. The molecule has 0 bridgehead atoms. The van der Waals surface area contributed by atoms with Gasteiger partial charge in [0.1, 0.15) is 5.82 Å². The van der Waals surface area contributed by atoms with Gasteiger partial charge in [0.25, 0.3) is 5.56 Å². The molecular weight excluding hydrogens is 369 g/mol. The number of carbonyl (C=O) groups is 1. The molecule has 0 radical (unpaired) electrons. The van der Waals surface area contributed by atoms with E-state index in [1.807, 2.05) is 39.0 Å². The number of aryl methyl sites for hydroxylation is 1. The van der Waals surface area contributed by atoms with Gasteiger partial charge < -0.3 is 5.32 Å². The van der Waals surface area contributed by atoms with Gasteiger partial charge in [-0.25, -0.2) is 9.07 Å². The summed E-state index contributed by atoms with van der Waals surface area (Å²) in [6, 6.07) is 13.6. The van der Waals surface area contributed by atoms with Crippen LogP contribution in [0.15, 0.2) is 53.3 Å². The lowest BCUT2D eigenvalue weighted by atomic mass is 9.84. The van der Waals surface area contributed by atoms with E-state index in [1.165, 1.54) is 16.8 Å². The second-order valence-electron chi connectivity index (χ2n) is 7.89. The molecule has 1 heterocycles. The van der Waals surface area contributed by atoms with Crippen LogP contribution >= 0.6 is 0 Å². The minimum atomic E-state index is -0.540. The number of hydrogen-bond donors (Lipinski definition) is 1. The molecule has 6 heteroatoms. The highest BCUT2D eigenvalue weighted by Crippen LogP contribution is 2.25. The van der Waals surface area contributed by atoms with Crippen molar-refractivity contribution in [1.82, 2.24) is 15.1 Å². The van der Waals surface area contributed by atoms with Crippen molar-refractivity contribution in [2.45, 2.75) is 45.6 Å². The van der Waals surface area contributed by atoms with E-state index in [-0.39, 0.29) is 17.3 Å². The van der Waals surface area contributed by atoms with E-state index in [9.17, 15) is 14.0 Å². The van der Waals surface area contributed by atoms with Crippen molar-refractivity contribution in [2.24, 2.45) is 0 Å². The first-order valence-corrected chi connectivity index (χ1v) is 9.78. The third-order valence-corrected chi connectivity index (χ3v) is 5.31. The Balaban J connectivity index is 1.86. The molecule has 1 amide bonds. The van der Waals surface area contributed by atoms with Crippen LogP contribution in [0.1, 0.15) is 44.9 Å². The molecule has 29 heavy (non-hydrogen) atoms. The maximum atomic E-state index is 13.6. The van der Waals surface area contributed by atoms with Crippen molar-refractivity contribution in [3.63, 3.8) is 0 Å². The molecule has 0 aliphatic rings. The predicted octanol–water partition coefficient (Wildman–Crippen LogP) is 3.75. The van der Waals surface area contributed by atoms with E-state index in [1.54, 1.807) is 25.1 Å². The third kappa shape index (κ3) is 4.21. The summed E-state index contributed by atoms with van der Waals surface area (Å²) in [6.07, 6.45) is 0. The van der Waals surface area contributed by atoms with Crippen LogP contribution < -0.4 is 10.9 Å². The van der Waals surface area contributed by atoms with Crippen molar-refractivity contribution < 1.29 is 9.18 Å². The van der Waals surface area contributed by atoms with Gasteiger partial charge in [-0.05, 0) is 37.6 Å². The maximum Gasteiger partial charge on any atom is 0.274 e. The van der Waals surface area contributed by atoms with Crippen molar-refractivity contribution in [3.05, 3.63) is 76.0 Å². The Morgan fingerprint density at radius 3 is 2.52 bits per heavy atom. The van der Waals surface area contributed by atoms with Crippen LogP contribution in [-0.4, -0.2) is 22.2 Å². The monoisotopic (exact) mass is 395 g/mol. The number of halogens is 1. The summed E-state index contributed by atoms with van der Waals surface area (Å²) in [4.78, 5) is 25.4. The topological polar surface area (TPSA) is 64.0 Å². The average Bonchev–Trinajstić information content (AvgIpc) is 2.72. The summed E-state index contributed by atoms with van der Waals surface area (Å²) in [6.45, 7) is 8.32. The fourth-order valence-electron chi connectivity index (χ4n) is 3.39. The fraction of sp³-hybridized carbons (Fsp3) is 0.348. The number of aromatic nitrogens is 2. The summed E-state index contributed by atoms with van der Waals surface area (Å²) in [5, 5.41) is 8.66. The van der Waals surface area contributed by atoms with Crippen LogP contribution in [0.4, 0.5) is 4.39 Å². The SMILES string of the molecule is CCn1nc([C@@H](C)C(=O)NCC(C)(C)c2cccc(F)c2)c2ccccc2c1=O.